The number of hydroxylamine groups is 2. The van der Waals surface area contributed by atoms with E-state index in [1.807, 2.05) is 12.1 Å². The molecule has 3 rings (SSSR count). The molecule has 2 aromatic carbocycles. The minimum absolute atomic E-state index is 0. The van der Waals surface area contributed by atoms with Crippen molar-refractivity contribution in [2.75, 3.05) is 19.7 Å². The fraction of sp³-hybridized carbons (Fsp3) is 0.455. The van der Waals surface area contributed by atoms with E-state index in [4.69, 9.17) is 4.84 Å². The van der Waals surface area contributed by atoms with Gasteiger partial charge in [0.2, 0.25) is 0 Å². The van der Waals surface area contributed by atoms with Crippen LogP contribution in [0.25, 0.3) is 0 Å². The predicted molar refractivity (Wildman–Crippen MR) is 109 cm³/mol. The van der Waals surface area contributed by atoms with Gasteiger partial charge in [-0.2, -0.15) is 5.06 Å². The smallest absolute Gasteiger partial charge is 0.115 e. The zero-order chi connectivity index (χ0) is 17.5. The molecular weight excluding hydrogens is 346 g/mol. The van der Waals surface area contributed by atoms with E-state index in [9.17, 15) is 5.11 Å². The summed E-state index contributed by atoms with van der Waals surface area (Å²) in [6.07, 6.45) is 5.52. The van der Waals surface area contributed by atoms with Gasteiger partial charge < -0.3 is 5.11 Å². The van der Waals surface area contributed by atoms with Crippen molar-refractivity contribution in [3.05, 3.63) is 65.2 Å². The van der Waals surface area contributed by atoms with Gasteiger partial charge in [-0.15, -0.1) is 12.4 Å². The molecule has 0 amide bonds. The fourth-order valence-electron chi connectivity index (χ4n) is 3.49. The van der Waals surface area contributed by atoms with E-state index in [2.05, 4.69) is 36.3 Å². The van der Waals surface area contributed by atoms with E-state index in [1.54, 1.807) is 12.1 Å². The maximum atomic E-state index is 9.49. The molecule has 0 bridgehead atoms. The zero-order valence-corrected chi connectivity index (χ0v) is 16.4. The topological polar surface area (TPSA) is 32.7 Å². The van der Waals surface area contributed by atoms with Gasteiger partial charge in [0.15, 0.2) is 0 Å². The summed E-state index contributed by atoms with van der Waals surface area (Å²) in [5.74, 6) is 1.09. The van der Waals surface area contributed by atoms with Crippen LogP contribution in [0.3, 0.4) is 0 Å². The minimum Gasteiger partial charge on any atom is -0.508 e. The first kappa shape index (κ1) is 20.8. The third kappa shape index (κ3) is 6.31. The fourth-order valence-corrected chi connectivity index (χ4v) is 3.49. The number of hydrogen-bond acceptors (Lipinski definition) is 3. The van der Waals surface area contributed by atoms with Crippen molar-refractivity contribution in [3.8, 4) is 5.75 Å². The van der Waals surface area contributed by atoms with E-state index < -0.39 is 0 Å². The predicted octanol–water partition coefficient (Wildman–Crippen LogP) is 4.81. The molecule has 1 aliphatic heterocycles. The van der Waals surface area contributed by atoms with Gasteiger partial charge in [-0.1, -0.05) is 43.3 Å². The maximum absolute atomic E-state index is 9.49. The van der Waals surface area contributed by atoms with E-state index >= 15 is 0 Å². The van der Waals surface area contributed by atoms with Crippen molar-refractivity contribution >= 4 is 12.4 Å². The average Bonchev–Trinajstić information content (AvgIpc) is 2.64. The number of piperidine rings is 1. The quantitative estimate of drug-likeness (QED) is 0.754. The number of rotatable bonds is 7. The number of phenolic OH excluding ortho intramolecular Hbond substituents is 1. The van der Waals surface area contributed by atoms with E-state index in [1.165, 1.54) is 30.4 Å². The molecule has 0 aliphatic carbocycles. The Hall–Kier alpha value is -1.55. The SMILES string of the molecule is CCc1ccc(CC2CCN(OCCc3cccc(O)c3)CC2)cc1.Cl. The van der Waals surface area contributed by atoms with Crippen LogP contribution in [0.15, 0.2) is 48.5 Å². The number of nitrogens with zero attached hydrogens (tertiary/aromatic N) is 1. The Morgan fingerprint density at radius 1 is 1.00 bits per heavy atom. The summed E-state index contributed by atoms with van der Waals surface area (Å²) in [7, 11) is 0. The number of aromatic hydroxyl groups is 1. The first-order valence-corrected chi connectivity index (χ1v) is 9.46. The molecule has 0 atom stereocenters. The highest BCUT2D eigenvalue weighted by molar-refractivity contribution is 5.85. The van der Waals surface area contributed by atoms with Crippen molar-refractivity contribution < 1.29 is 9.94 Å². The van der Waals surface area contributed by atoms with Gasteiger partial charge in [0, 0.05) is 13.1 Å². The molecule has 0 aromatic heterocycles. The Kier molecular flexibility index (Phi) is 8.43. The van der Waals surface area contributed by atoms with Crippen molar-refractivity contribution in [2.45, 2.75) is 39.0 Å². The maximum Gasteiger partial charge on any atom is 0.115 e. The highest BCUT2D eigenvalue weighted by Gasteiger charge is 2.19. The minimum atomic E-state index is 0. The lowest BCUT2D eigenvalue weighted by Crippen LogP contribution is -2.34. The van der Waals surface area contributed by atoms with Crippen LogP contribution >= 0.6 is 12.4 Å². The summed E-state index contributed by atoms with van der Waals surface area (Å²) in [5, 5.41) is 11.6. The molecule has 3 nitrogen and oxygen atoms in total. The highest BCUT2D eigenvalue weighted by atomic mass is 35.5. The zero-order valence-electron chi connectivity index (χ0n) is 15.6. The molecule has 1 N–H and O–H groups in total. The lowest BCUT2D eigenvalue weighted by atomic mass is 9.90. The number of aryl methyl sites for hydroxylation is 1. The highest BCUT2D eigenvalue weighted by Crippen LogP contribution is 2.22. The van der Waals surface area contributed by atoms with Crippen LogP contribution in [0.2, 0.25) is 0 Å². The lowest BCUT2D eigenvalue weighted by Gasteiger charge is -2.31. The second kappa shape index (κ2) is 10.6. The number of phenols is 1. The summed E-state index contributed by atoms with van der Waals surface area (Å²) >= 11 is 0. The van der Waals surface area contributed by atoms with Crippen molar-refractivity contribution in [3.63, 3.8) is 0 Å². The molecule has 142 valence electrons. The van der Waals surface area contributed by atoms with E-state index in [-0.39, 0.29) is 12.4 Å². The Bertz CT molecular complexity index is 651. The monoisotopic (exact) mass is 375 g/mol. The van der Waals surface area contributed by atoms with Gasteiger partial charge in [-0.05, 0) is 66.8 Å². The second-order valence-corrected chi connectivity index (χ2v) is 7.00. The van der Waals surface area contributed by atoms with Crippen LogP contribution in [-0.2, 0) is 24.1 Å². The standard InChI is InChI=1S/C22H29NO2.ClH/c1-2-18-6-8-20(9-7-18)16-21-10-13-23(14-11-21)25-15-12-19-4-3-5-22(24)17-19;/h3-9,17,21,24H,2,10-16H2,1H3;1H. The Morgan fingerprint density at radius 2 is 1.69 bits per heavy atom. The molecule has 0 radical (unpaired) electrons. The number of halogens is 1. The second-order valence-electron chi connectivity index (χ2n) is 7.00. The van der Waals surface area contributed by atoms with Crippen molar-refractivity contribution in [1.82, 2.24) is 5.06 Å². The van der Waals surface area contributed by atoms with Gasteiger partial charge in [-0.25, -0.2) is 0 Å². The Labute approximate surface area is 163 Å². The molecule has 2 aromatic rings. The summed E-state index contributed by atoms with van der Waals surface area (Å²) in [5.41, 5.74) is 3.99. The average molecular weight is 376 g/mol. The molecule has 0 saturated carbocycles. The van der Waals surface area contributed by atoms with Gasteiger partial charge in [0.25, 0.3) is 0 Å². The summed E-state index contributed by atoms with van der Waals surface area (Å²) in [4.78, 5) is 5.91. The summed E-state index contributed by atoms with van der Waals surface area (Å²) in [6.45, 7) is 4.90. The van der Waals surface area contributed by atoms with Crippen LogP contribution in [0.5, 0.6) is 5.75 Å². The molecule has 1 fully saturated rings. The Balaban J connectivity index is 0.00000243. The van der Waals surface area contributed by atoms with Gasteiger partial charge in [0.05, 0.1) is 6.61 Å². The van der Waals surface area contributed by atoms with Crippen LogP contribution in [0.1, 0.15) is 36.5 Å². The van der Waals surface area contributed by atoms with Crippen LogP contribution in [-0.4, -0.2) is 29.9 Å². The summed E-state index contributed by atoms with van der Waals surface area (Å²) < 4.78 is 0. The molecule has 26 heavy (non-hydrogen) atoms. The molecule has 1 heterocycles. The Morgan fingerprint density at radius 3 is 2.35 bits per heavy atom. The first-order valence-electron chi connectivity index (χ1n) is 9.46. The molecular formula is C22H30ClNO2. The molecule has 4 heteroatoms. The van der Waals surface area contributed by atoms with Crippen molar-refractivity contribution in [2.24, 2.45) is 5.92 Å². The normalized spacial score (nSPS) is 15.6. The van der Waals surface area contributed by atoms with Gasteiger partial charge in [-0.3, -0.25) is 4.84 Å². The van der Waals surface area contributed by atoms with E-state index in [0.717, 1.165) is 37.4 Å². The third-order valence-corrected chi connectivity index (χ3v) is 5.10. The summed E-state index contributed by atoms with van der Waals surface area (Å²) in [6, 6.07) is 16.5. The van der Waals surface area contributed by atoms with Crippen molar-refractivity contribution in [1.29, 1.82) is 0 Å². The molecule has 0 spiro atoms. The number of hydrogen-bond donors (Lipinski definition) is 1. The third-order valence-electron chi connectivity index (χ3n) is 5.10. The van der Waals surface area contributed by atoms with Crippen LogP contribution in [0, 0.1) is 5.92 Å². The largest absolute Gasteiger partial charge is 0.508 e. The van der Waals surface area contributed by atoms with Gasteiger partial charge >= 0.3 is 0 Å². The number of benzene rings is 2. The van der Waals surface area contributed by atoms with Crippen LogP contribution < -0.4 is 0 Å². The van der Waals surface area contributed by atoms with Crippen LogP contribution in [0.4, 0.5) is 0 Å². The first-order chi connectivity index (χ1) is 12.2. The lowest BCUT2D eigenvalue weighted by molar-refractivity contribution is -0.173. The molecule has 1 aliphatic rings. The molecule has 1 saturated heterocycles. The van der Waals surface area contributed by atoms with E-state index in [0.29, 0.717) is 12.4 Å². The molecule has 0 unspecified atom stereocenters. The van der Waals surface area contributed by atoms with Gasteiger partial charge in [0.1, 0.15) is 5.75 Å².